The van der Waals surface area contributed by atoms with Gasteiger partial charge in [-0.15, -0.1) is 0 Å². The minimum atomic E-state index is -0.240. The fraction of sp³-hybridized carbons (Fsp3) is 0.429. The minimum absolute atomic E-state index is 0.151. The molecule has 1 aliphatic heterocycles. The second kappa shape index (κ2) is 6.23. The van der Waals surface area contributed by atoms with E-state index in [1.54, 1.807) is 5.51 Å². The number of aromatic nitrogens is 2. The number of hydrogen-bond donors (Lipinski definition) is 0. The summed E-state index contributed by atoms with van der Waals surface area (Å²) in [4.78, 5) is 4.29. The van der Waals surface area contributed by atoms with E-state index in [0.717, 1.165) is 31.4 Å². The first kappa shape index (κ1) is 12.7. The van der Waals surface area contributed by atoms with Gasteiger partial charge in [0.25, 0.3) is 0 Å². The number of rotatable bonds is 4. The lowest BCUT2D eigenvalue weighted by molar-refractivity contribution is -0.182. The van der Waals surface area contributed by atoms with Gasteiger partial charge in [-0.25, -0.2) is 4.98 Å². The maximum absolute atomic E-state index is 6.08. The third-order valence-corrected chi connectivity index (χ3v) is 3.63. The van der Waals surface area contributed by atoms with Crippen LogP contribution in [0.4, 0.5) is 0 Å². The summed E-state index contributed by atoms with van der Waals surface area (Å²) < 4.78 is 16.0. The topological polar surface area (TPSA) is 44.2 Å². The Morgan fingerprint density at radius 3 is 2.84 bits per heavy atom. The molecular formula is C14H16N2O2S. The zero-order valence-corrected chi connectivity index (χ0v) is 11.4. The average Bonchev–Trinajstić information content (AvgIpc) is 3.01. The molecule has 0 bridgehead atoms. The first-order valence-electron chi connectivity index (χ1n) is 6.52. The molecule has 2 unspecified atom stereocenters. The second-order valence-corrected chi connectivity index (χ2v) is 5.12. The third-order valence-electron chi connectivity index (χ3n) is 3.14. The molecule has 1 saturated heterocycles. The number of hydrogen-bond acceptors (Lipinski definition) is 5. The van der Waals surface area contributed by atoms with Crippen molar-refractivity contribution in [2.45, 2.75) is 31.7 Å². The molecule has 5 heteroatoms. The summed E-state index contributed by atoms with van der Waals surface area (Å²) in [5.74, 6) is 0.713. The van der Waals surface area contributed by atoms with Gasteiger partial charge in [-0.2, -0.15) is 4.37 Å². The Morgan fingerprint density at radius 2 is 2.16 bits per heavy atom. The van der Waals surface area contributed by atoms with Crippen molar-refractivity contribution in [3.8, 4) is 0 Å². The third kappa shape index (κ3) is 3.18. The van der Waals surface area contributed by atoms with Crippen molar-refractivity contribution < 1.29 is 9.47 Å². The molecule has 0 amide bonds. The first-order chi connectivity index (χ1) is 9.43. The van der Waals surface area contributed by atoms with Crippen LogP contribution in [0.2, 0.25) is 0 Å². The fourth-order valence-corrected chi connectivity index (χ4v) is 2.63. The van der Waals surface area contributed by atoms with Gasteiger partial charge in [0.1, 0.15) is 11.6 Å². The Hall–Kier alpha value is -1.30. The smallest absolute Gasteiger partial charge is 0.175 e. The summed E-state index contributed by atoms with van der Waals surface area (Å²) in [5.41, 5.74) is 2.80. The van der Waals surface area contributed by atoms with E-state index in [-0.39, 0.29) is 12.4 Å². The molecule has 4 nitrogen and oxygen atoms in total. The molecule has 19 heavy (non-hydrogen) atoms. The Morgan fingerprint density at radius 1 is 1.26 bits per heavy atom. The fourth-order valence-electron chi connectivity index (χ4n) is 2.18. The van der Waals surface area contributed by atoms with E-state index in [9.17, 15) is 0 Å². The predicted octanol–water partition coefficient (Wildman–Crippen LogP) is 3.17. The maximum atomic E-state index is 6.08. The normalized spacial score (nSPS) is 21.2. The van der Waals surface area contributed by atoms with Gasteiger partial charge in [-0.3, -0.25) is 0 Å². The molecule has 100 valence electrons. The second-order valence-electron chi connectivity index (χ2n) is 4.51. The minimum Gasteiger partial charge on any atom is -0.353 e. The molecule has 1 aromatic carbocycles. The summed E-state index contributed by atoms with van der Waals surface area (Å²) in [6.45, 7) is 0.774. The van der Waals surface area contributed by atoms with E-state index in [4.69, 9.17) is 9.47 Å². The molecule has 2 aromatic rings. The van der Waals surface area contributed by atoms with E-state index in [2.05, 4.69) is 9.36 Å². The lowest BCUT2D eigenvalue weighted by Gasteiger charge is -2.26. The zero-order valence-electron chi connectivity index (χ0n) is 10.6. The molecule has 1 aromatic heterocycles. The van der Waals surface area contributed by atoms with Crippen LogP contribution in [-0.2, 0) is 9.47 Å². The summed E-state index contributed by atoms with van der Waals surface area (Å²) in [6, 6.07) is 10.1. The molecule has 2 atom stereocenters. The van der Waals surface area contributed by atoms with Crippen LogP contribution < -0.4 is 0 Å². The molecule has 0 saturated carbocycles. The van der Waals surface area contributed by atoms with E-state index in [0.29, 0.717) is 5.82 Å². The molecule has 0 spiro atoms. The van der Waals surface area contributed by atoms with Gasteiger partial charge < -0.3 is 9.47 Å². The summed E-state index contributed by atoms with van der Waals surface area (Å²) in [5, 5.41) is 0. The van der Waals surface area contributed by atoms with Crippen LogP contribution in [-0.4, -0.2) is 22.3 Å². The van der Waals surface area contributed by atoms with Gasteiger partial charge in [0.15, 0.2) is 12.1 Å². The highest BCUT2D eigenvalue weighted by atomic mass is 32.1. The molecule has 3 rings (SSSR count). The van der Waals surface area contributed by atoms with E-state index < -0.39 is 0 Å². The Kier molecular flexibility index (Phi) is 4.17. The van der Waals surface area contributed by atoms with E-state index in [1.165, 1.54) is 11.5 Å². The van der Waals surface area contributed by atoms with Crippen LogP contribution in [0, 0.1) is 0 Å². The highest BCUT2D eigenvalue weighted by Gasteiger charge is 2.24. The number of benzene rings is 1. The zero-order chi connectivity index (χ0) is 12.9. The molecule has 0 aliphatic carbocycles. The van der Waals surface area contributed by atoms with E-state index >= 15 is 0 Å². The lowest BCUT2D eigenvalue weighted by atomic mass is 10.1. The van der Waals surface area contributed by atoms with Crippen LogP contribution in [0.1, 0.15) is 36.8 Å². The molecule has 0 radical (unpaired) electrons. The van der Waals surface area contributed by atoms with Gasteiger partial charge >= 0.3 is 0 Å². The van der Waals surface area contributed by atoms with Crippen molar-refractivity contribution in [3.63, 3.8) is 0 Å². The number of ether oxygens (including phenoxy) is 2. The summed E-state index contributed by atoms with van der Waals surface area (Å²) in [6.07, 6.45) is 2.81. The van der Waals surface area contributed by atoms with Crippen molar-refractivity contribution in [1.29, 1.82) is 0 Å². The van der Waals surface area contributed by atoms with Crippen molar-refractivity contribution in [2.24, 2.45) is 0 Å². The number of nitrogens with zero attached hydrogens (tertiary/aromatic N) is 2. The molecule has 1 aliphatic rings. The quantitative estimate of drug-likeness (QED) is 0.860. The largest absolute Gasteiger partial charge is 0.353 e. The van der Waals surface area contributed by atoms with Gasteiger partial charge in [0.2, 0.25) is 0 Å². The SMILES string of the molecule is c1ccc(C(OC2CCCCO2)c2ncsn2)cc1. The van der Waals surface area contributed by atoms with Crippen molar-refractivity contribution in [2.75, 3.05) is 6.61 Å². The van der Waals surface area contributed by atoms with E-state index in [1.807, 2.05) is 30.3 Å². The van der Waals surface area contributed by atoms with Crippen molar-refractivity contribution >= 4 is 11.5 Å². The van der Waals surface area contributed by atoms with Crippen molar-refractivity contribution in [3.05, 3.63) is 47.2 Å². The van der Waals surface area contributed by atoms with Crippen LogP contribution in [0.25, 0.3) is 0 Å². The Labute approximate surface area is 116 Å². The monoisotopic (exact) mass is 276 g/mol. The van der Waals surface area contributed by atoms with Crippen LogP contribution in [0.3, 0.4) is 0 Å². The average molecular weight is 276 g/mol. The highest BCUT2D eigenvalue weighted by Crippen LogP contribution is 2.28. The van der Waals surface area contributed by atoms with Gasteiger partial charge in [-0.1, -0.05) is 30.3 Å². The molecular weight excluding hydrogens is 260 g/mol. The maximum Gasteiger partial charge on any atom is 0.175 e. The summed E-state index contributed by atoms with van der Waals surface area (Å²) >= 11 is 1.34. The van der Waals surface area contributed by atoms with Crippen LogP contribution in [0.5, 0.6) is 0 Å². The Bertz CT molecular complexity index is 483. The molecule has 1 fully saturated rings. The van der Waals surface area contributed by atoms with Crippen LogP contribution >= 0.6 is 11.5 Å². The predicted molar refractivity (Wildman–Crippen MR) is 72.9 cm³/mol. The highest BCUT2D eigenvalue weighted by molar-refractivity contribution is 7.03. The van der Waals surface area contributed by atoms with Gasteiger partial charge in [0, 0.05) is 6.61 Å². The first-order valence-corrected chi connectivity index (χ1v) is 7.35. The van der Waals surface area contributed by atoms with Gasteiger partial charge in [0.05, 0.1) is 0 Å². The van der Waals surface area contributed by atoms with Crippen LogP contribution in [0.15, 0.2) is 35.8 Å². The van der Waals surface area contributed by atoms with Gasteiger partial charge in [-0.05, 0) is 36.4 Å². The molecule has 2 heterocycles. The molecule has 0 N–H and O–H groups in total. The Balaban J connectivity index is 1.80. The lowest BCUT2D eigenvalue weighted by Crippen LogP contribution is -2.25. The summed E-state index contributed by atoms with van der Waals surface area (Å²) in [7, 11) is 0. The standard InChI is InChI=1S/C14H16N2O2S/c1-2-6-11(7-3-1)13(14-15-10-19-16-14)18-12-8-4-5-9-17-12/h1-3,6-7,10,12-13H,4-5,8-9H2. The van der Waals surface area contributed by atoms with Crippen molar-refractivity contribution in [1.82, 2.24) is 9.36 Å².